The van der Waals surface area contributed by atoms with E-state index in [0.29, 0.717) is 6.61 Å². The number of carbonyl (C=O) groups excluding carboxylic acids is 1. The van der Waals surface area contributed by atoms with Crippen LogP contribution < -0.4 is 5.32 Å². The molecule has 2 unspecified atom stereocenters. The average Bonchev–Trinajstić information content (AvgIpc) is 2.47. The summed E-state index contributed by atoms with van der Waals surface area (Å²) < 4.78 is 11.4. The lowest BCUT2D eigenvalue weighted by molar-refractivity contribution is -0.144. The second kappa shape index (κ2) is 6.91. The molecule has 1 saturated heterocycles. The van der Waals surface area contributed by atoms with Gasteiger partial charge in [0.25, 0.3) is 0 Å². The van der Waals surface area contributed by atoms with E-state index in [2.05, 4.69) is 21.2 Å². The highest BCUT2D eigenvalue weighted by Crippen LogP contribution is 2.23. The summed E-state index contributed by atoms with van der Waals surface area (Å²) in [4.78, 5) is 11.9. The van der Waals surface area contributed by atoms with Crippen LogP contribution in [0.15, 0.2) is 28.7 Å². The van der Waals surface area contributed by atoms with E-state index in [9.17, 15) is 4.79 Å². The van der Waals surface area contributed by atoms with Crippen molar-refractivity contribution in [3.63, 3.8) is 0 Å². The van der Waals surface area contributed by atoms with Crippen LogP contribution in [0.4, 0.5) is 5.69 Å². The number of rotatable bonds is 4. The van der Waals surface area contributed by atoms with Crippen LogP contribution in [0.1, 0.15) is 12.8 Å². The zero-order valence-corrected chi connectivity index (χ0v) is 12.5. The fourth-order valence-electron chi connectivity index (χ4n) is 2.25. The van der Waals surface area contributed by atoms with E-state index in [1.165, 1.54) is 7.11 Å². The largest absolute Gasteiger partial charge is 0.467 e. The first-order valence-corrected chi connectivity index (χ1v) is 7.17. The Morgan fingerprint density at radius 1 is 1.47 bits per heavy atom. The molecule has 2 rings (SSSR count). The normalized spacial score (nSPS) is 20.6. The Kier molecular flexibility index (Phi) is 5.22. The third-order valence-electron chi connectivity index (χ3n) is 3.29. The van der Waals surface area contributed by atoms with Gasteiger partial charge in [0.15, 0.2) is 0 Å². The first kappa shape index (κ1) is 14.3. The minimum absolute atomic E-state index is 0.157. The van der Waals surface area contributed by atoms with Crippen molar-refractivity contribution >= 4 is 27.6 Å². The van der Waals surface area contributed by atoms with Crippen molar-refractivity contribution in [2.75, 3.05) is 25.6 Å². The highest BCUT2D eigenvalue weighted by molar-refractivity contribution is 9.10. The predicted octanol–water partition coefficient (Wildman–Crippen LogP) is 2.83. The smallest absolute Gasteiger partial charge is 0.328 e. The Morgan fingerprint density at radius 3 is 2.79 bits per heavy atom. The molecule has 19 heavy (non-hydrogen) atoms. The summed E-state index contributed by atoms with van der Waals surface area (Å²) in [5.41, 5.74) is 0.907. The molecule has 1 aliphatic heterocycles. The molecule has 0 spiro atoms. The Labute approximate surface area is 121 Å². The number of methoxy groups -OCH3 is 1. The molecule has 2 atom stereocenters. The summed E-state index contributed by atoms with van der Waals surface area (Å²) in [7, 11) is 1.42. The zero-order valence-electron chi connectivity index (χ0n) is 10.9. The maximum atomic E-state index is 11.9. The van der Waals surface area contributed by atoms with Crippen LogP contribution in [0, 0.1) is 5.92 Å². The van der Waals surface area contributed by atoms with Gasteiger partial charge in [-0.2, -0.15) is 0 Å². The molecule has 104 valence electrons. The van der Waals surface area contributed by atoms with Crippen molar-refractivity contribution in [1.29, 1.82) is 0 Å². The number of benzene rings is 1. The molecular formula is C14H18BrNO3. The molecule has 1 N–H and O–H groups in total. The molecule has 0 aliphatic carbocycles. The molecule has 1 aromatic carbocycles. The second-order valence-corrected chi connectivity index (χ2v) is 5.54. The van der Waals surface area contributed by atoms with Crippen molar-refractivity contribution in [2.24, 2.45) is 5.92 Å². The number of esters is 1. The first-order valence-electron chi connectivity index (χ1n) is 6.38. The highest BCUT2D eigenvalue weighted by Gasteiger charge is 2.30. The molecule has 1 aromatic rings. The topological polar surface area (TPSA) is 47.6 Å². The summed E-state index contributed by atoms with van der Waals surface area (Å²) in [6.07, 6.45) is 1.96. The van der Waals surface area contributed by atoms with Gasteiger partial charge < -0.3 is 14.8 Å². The Morgan fingerprint density at radius 2 is 2.21 bits per heavy atom. The van der Waals surface area contributed by atoms with Crippen molar-refractivity contribution in [1.82, 2.24) is 0 Å². The van der Waals surface area contributed by atoms with Crippen LogP contribution in [-0.4, -0.2) is 32.3 Å². The molecular weight excluding hydrogens is 310 g/mol. The van der Waals surface area contributed by atoms with E-state index in [4.69, 9.17) is 9.47 Å². The van der Waals surface area contributed by atoms with E-state index < -0.39 is 0 Å². The van der Waals surface area contributed by atoms with Crippen LogP contribution >= 0.6 is 15.9 Å². The van der Waals surface area contributed by atoms with Crippen molar-refractivity contribution in [3.05, 3.63) is 28.7 Å². The SMILES string of the molecule is COC(=O)C(Nc1ccc(Br)cc1)C1CCCOC1. The van der Waals surface area contributed by atoms with Gasteiger partial charge in [-0.3, -0.25) is 0 Å². The van der Waals surface area contributed by atoms with Crippen LogP contribution in [0.5, 0.6) is 0 Å². The molecule has 4 nitrogen and oxygen atoms in total. The number of hydrogen-bond donors (Lipinski definition) is 1. The van der Waals surface area contributed by atoms with E-state index in [1.54, 1.807) is 0 Å². The Bertz CT molecular complexity index is 415. The number of ether oxygens (including phenoxy) is 2. The van der Waals surface area contributed by atoms with Gasteiger partial charge in [0.2, 0.25) is 0 Å². The average molecular weight is 328 g/mol. The minimum atomic E-state index is -0.355. The van der Waals surface area contributed by atoms with Gasteiger partial charge in [0.1, 0.15) is 6.04 Å². The van der Waals surface area contributed by atoms with Crippen LogP contribution in [-0.2, 0) is 14.3 Å². The quantitative estimate of drug-likeness (QED) is 0.864. The lowest BCUT2D eigenvalue weighted by Crippen LogP contribution is -2.41. The van der Waals surface area contributed by atoms with Gasteiger partial charge in [0.05, 0.1) is 13.7 Å². The van der Waals surface area contributed by atoms with Gasteiger partial charge in [0, 0.05) is 22.7 Å². The summed E-state index contributed by atoms with van der Waals surface area (Å²) in [6, 6.07) is 7.39. The summed E-state index contributed by atoms with van der Waals surface area (Å²) in [5.74, 6) is -0.0803. The molecule has 1 heterocycles. The second-order valence-electron chi connectivity index (χ2n) is 4.63. The highest BCUT2D eigenvalue weighted by atomic mass is 79.9. The third kappa shape index (κ3) is 3.94. The molecule has 0 aromatic heterocycles. The summed E-state index contributed by atoms with van der Waals surface area (Å²) in [6.45, 7) is 1.38. The standard InChI is InChI=1S/C14H18BrNO3/c1-18-14(17)13(10-3-2-8-19-9-10)16-12-6-4-11(15)5-7-12/h4-7,10,13,16H,2-3,8-9H2,1H3. The van der Waals surface area contributed by atoms with Gasteiger partial charge >= 0.3 is 5.97 Å². The van der Waals surface area contributed by atoms with Gasteiger partial charge in [-0.1, -0.05) is 15.9 Å². The number of anilines is 1. The van der Waals surface area contributed by atoms with Crippen molar-refractivity contribution < 1.29 is 14.3 Å². The molecule has 0 amide bonds. The summed E-state index contributed by atoms with van der Waals surface area (Å²) >= 11 is 3.39. The molecule has 0 saturated carbocycles. The lowest BCUT2D eigenvalue weighted by atomic mass is 9.93. The zero-order chi connectivity index (χ0) is 13.7. The van der Waals surface area contributed by atoms with Gasteiger partial charge in [-0.15, -0.1) is 0 Å². The van der Waals surface area contributed by atoms with Crippen LogP contribution in [0.3, 0.4) is 0 Å². The van der Waals surface area contributed by atoms with E-state index in [0.717, 1.165) is 29.6 Å². The monoisotopic (exact) mass is 327 g/mol. The number of halogens is 1. The van der Waals surface area contributed by atoms with E-state index in [1.807, 2.05) is 24.3 Å². The fourth-order valence-corrected chi connectivity index (χ4v) is 2.51. The molecule has 0 radical (unpaired) electrons. The maximum absolute atomic E-state index is 11.9. The Hall–Kier alpha value is -1.07. The molecule has 5 heteroatoms. The third-order valence-corrected chi connectivity index (χ3v) is 3.82. The number of hydrogen-bond acceptors (Lipinski definition) is 4. The van der Waals surface area contributed by atoms with Crippen LogP contribution in [0.25, 0.3) is 0 Å². The summed E-state index contributed by atoms with van der Waals surface area (Å²) in [5, 5.41) is 3.25. The number of nitrogens with one attached hydrogen (secondary N) is 1. The molecule has 1 aliphatic rings. The van der Waals surface area contributed by atoms with Gasteiger partial charge in [-0.05, 0) is 37.1 Å². The van der Waals surface area contributed by atoms with Gasteiger partial charge in [-0.25, -0.2) is 4.79 Å². The predicted molar refractivity (Wildman–Crippen MR) is 77.1 cm³/mol. The molecule has 0 bridgehead atoms. The van der Waals surface area contributed by atoms with E-state index >= 15 is 0 Å². The lowest BCUT2D eigenvalue weighted by Gasteiger charge is -2.29. The van der Waals surface area contributed by atoms with E-state index in [-0.39, 0.29) is 17.9 Å². The van der Waals surface area contributed by atoms with Crippen LogP contribution in [0.2, 0.25) is 0 Å². The fraction of sp³-hybridized carbons (Fsp3) is 0.500. The van der Waals surface area contributed by atoms with Crippen molar-refractivity contribution in [2.45, 2.75) is 18.9 Å². The van der Waals surface area contributed by atoms with Crippen molar-refractivity contribution in [3.8, 4) is 0 Å². The minimum Gasteiger partial charge on any atom is -0.467 e. The molecule has 1 fully saturated rings. The maximum Gasteiger partial charge on any atom is 0.328 e. The Balaban J connectivity index is 2.08. The number of carbonyl (C=O) groups is 1. The first-order chi connectivity index (χ1) is 9.20.